The van der Waals surface area contributed by atoms with Crippen molar-refractivity contribution < 1.29 is 59.4 Å². The Bertz CT molecular complexity index is 768. The molecule has 0 spiro atoms. The summed E-state index contributed by atoms with van der Waals surface area (Å²) in [5.41, 5.74) is 5.72. The number of aliphatic hydroxyl groups is 1. The van der Waals surface area contributed by atoms with Gasteiger partial charge in [0.15, 0.2) is 0 Å². The molecule has 0 radical (unpaired) electrons. The summed E-state index contributed by atoms with van der Waals surface area (Å²) in [6.45, 7) is 5.40. The molecule has 1 unspecified atom stereocenters. The predicted octanol–water partition coefficient (Wildman–Crippen LogP) is -2.47. The van der Waals surface area contributed by atoms with Crippen LogP contribution in [-0.2, 0) is 29.5 Å². The number of ether oxygens (including phenoxy) is 1. The summed E-state index contributed by atoms with van der Waals surface area (Å²) < 4.78 is 6.44. The Labute approximate surface area is 171 Å². The van der Waals surface area contributed by atoms with Gasteiger partial charge in [0.1, 0.15) is 0 Å². The van der Waals surface area contributed by atoms with E-state index in [4.69, 9.17) is 9.84 Å². The van der Waals surface area contributed by atoms with E-state index in [2.05, 4.69) is 43.4 Å². The first-order valence-electron chi connectivity index (χ1n) is 7.80. The number of hydrogen-bond donors (Lipinski definition) is 1. The fraction of sp³-hybridized carbons (Fsp3) is 0.333. The number of aliphatic hydroxyl groups excluding tert-OH is 1. The molecule has 3 aliphatic rings. The van der Waals surface area contributed by atoms with Crippen molar-refractivity contribution >= 4 is 18.8 Å². The number of rotatable bonds is 4. The molecule has 2 aliphatic carbocycles. The SMILES string of the molecule is C[Si]1(C)C2=C1[CH]([Zr+2])c1cccc(C3=C(OCCO)C=CC3)c12.[Cl-].[Cl-]. The van der Waals surface area contributed by atoms with Gasteiger partial charge in [-0.2, -0.15) is 0 Å². The number of hydrogen-bond acceptors (Lipinski definition) is 2. The molecule has 125 valence electrons. The van der Waals surface area contributed by atoms with Crippen LogP contribution in [0.15, 0.2) is 41.3 Å². The number of fused-ring (bicyclic) bond motifs is 2. The zero-order valence-corrected chi connectivity index (χ0v) is 18.7. The summed E-state index contributed by atoms with van der Waals surface area (Å²) in [6, 6.07) is 6.76. The maximum absolute atomic E-state index is 9.02. The largest absolute Gasteiger partial charge is 1.00 e. The first-order chi connectivity index (χ1) is 10.6. The van der Waals surface area contributed by atoms with Crippen molar-refractivity contribution in [2.75, 3.05) is 13.2 Å². The zero-order valence-electron chi connectivity index (χ0n) is 13.7. The van der Waals surface area contributed by atoms with Gasteiger partial charge in [-0.15, -0.1) is 0 Å². The standard InChI is InChI=1S/C18H19O2Si.2ClH.Zr/c1-21(2)16-11-12-5-3-7-14(17(12)18(16)21)13-6-4-8-15(13)20-10-9-19;;;/h3-5,7-8,11,19H,6,9-10H2,1-2H3;2*1H;/q;;;+2/p-2. The predicted molar refractivity (Wildman–Crippen MR) is 87.3 cm³/mol. The molecule has 1 atom stereocenters. The van der Waals surface area contributed by atoms with Crippen molar-refractivity contribution in [2.24, 2.45) is 0 Å². The molecule has 1 N–H and O–H groups in total. The summed E-state index contributed by atoms with van der Waals surface area (Å²) in [4.78, 5) is 0. The molecule has 0 saturated carbocycles. The Morgan fingerprint density at radius 3 is 2.75 bits per heavy atom. The molecule has 0 amide bonds. The van der Waals surface area contributed by atoms with Gasteiger partial charge in [0.2, 0.25) is 0 Å². The van der Waals surface area contributed by atoms with Crippen LogP contribution in [-0.4, -0.2) is 26.4 Å². The summed E-state index contributed by atoms with van der Waals surface area (Å²) in [6.07, 6.45) is 5.15. The molecule has 1 heterocycles. The first kappa shape index (κ1) is 20.2. The summed E-state index contributed by atoms with van der Waals surface area (Å²) in [5, 5.41) is 12.5. The minimum absolute atomic E-state index is 0. The van der Waals surface area contributed by atoms with Gasteiger partial charge in [-0.1, -0.05) is 0 Å². The van der Waals surface area contributed by atoms with Crippen LogP contribution in [0, 0.1) is 0 Å². The van der Waals surface area contributed by atoms with Gasteiger partial charge in [0.05, 0.1) is 0 Å². The molecule has 1 aromatic carbocycles. The average molecular weight is 458 g/mol. The molecule has 0 bridgehead atoms. The second-order valence-corrected chi connectivity index (χ2v) is 12.3. The van der Waals surface area contributed by atoms with E-state index >= 15 is 0 Å². The average Bonchev–Trinajstić information content (AvgIpc) is 2.85. The van der Waals surface area contributed by atoms with Crippen LogP contribution in [0.1, 0.15) is 26.7 Å². The van der Waals surface area contributed by atoms with Crippen molar-refractivity contribution in [3.63, 3.8) is 0 Å². The van der Waals surface area contributed by atoms with Crippen molar-refractivity contribution in [2.45, 2.75) is 23.1 Å². The molecule has 0 aromatic heterocycles. The van der Waals surface area contributed by atoms with E-state index in [1.807, 2.05) is 0 Å². The molecular weight excluding hydrogens is 438 g/mol. The van der Waals surface area contributed by atoms with Gasteiger partial charge in [-0.25, -0.2) is 0 Å². The quantitative estimate of drug-likeness (QED) is 0.508. The van der Waals surface area contributed by atoms with Crippen LogP contribution >= 0.6 is 0 Å². The molecule has 0 saturated heterocycles. The van der Waals surface area contributed by atoms with E-state index in [9.17, 15) is 0 Å². The molecule has 0 fully saturated rings. The number of halogens is 2. The fourth-order valence-corrected chi connectivity index (χ4v) is 11.7. The summed E-state index contributed by atoms with van der Waals surface area (Å²) in [5.74, 6) is 0.942. The van der Waals surface area contributed by atoms with Gasteiger partial charge < -0.3 is 24.8 Å². The Balaban J connectivity index is 0.00000104. The number of allylic oxidation sites excluding steroid dienone is 4. The second kappa shape index (κ2) is 7.25. The Hall–Kier alpha value is -0.120. The minimum Gasteiger partial charge on any atom is -1.00 e. The molecular formula is C18H19Cl2O2SiZr. The van der Waals surface area contributed by atoms with Crippen molar-refractivity contribution in [1.82, 2.24) is 0 Å². The Kier molecular flexibility index (Phi) is 6.10. The van der Waals surface area contributed by atoms with Gasteiger partial charge in [0.25, 0.3) is 0 Å². The third-order valence-corrected chi connectivity index (χ3v) is 10.6. The van der Waals surface area contributed by atoms with Crippen LogP contribution in [0.5, 0.6) is 0 Å². The van der Waals surface area contributed by atoms with Gasteiger partial charge >= 0.3 is 148 Å². The van der Waals surface area contributed by atoms with E-state index in [1.165, 1.54) is 22.3 Å². The Morgan fingerprint density at radius 1 is 1.29 bits per heavy atom. The molecule has 2 nitrogen and oxygen atoms in total. The topological polar surface area (TPSA) is 29.5 Å². The van der Waals surface area contributed by atoms with Crippen LogP contribution in [0.2, 0.25) is 13.1 Å². The van der Waals surface area contributed by atoms with Crippen molar-refractivity contribution in [3.8, 4) is 0 Å². The van der Waals surface area contributed by atoms with E-state index in [0.717, 1.165) is 12.2 Å². The van der Waals surface area contributed by atoms with Crippen LogP contribution < -0.4 is 24.8 Å². The van der Waals surface area contributed by atoms with Crippen LogP contribution in [0.4, 0.5) is 0 Å². The van der Waals surface area contributed by atoms with E-state index < -0.39 is 8.07 Å². The zero-order chi connectivity index (χ0) is 15.5. The summed E-state index contributed by atoms with van der Waals surface area (Å²) >= 11 is 1.62. The van der Waals surface area contributed by atoms with Gasteiger partial charge in [-0.05, 0) is 0 Å². The first-order valence-corrected chi connectivity index (χ1v) is 12.2. The van der Waals surface area contributed by atoms with E-state index in [-0.39, 0.29) is 31.4 Å². The third kappa shape index (κ3) is 2.85. The van der Waals surface area contributed by atoms with E-state index in [0.29, 0.717) is 10.2 Å². The van der Waals surface area contributed by atoms with Crippen molar-refractivity contribution in [3.05, 3.63) is 58.0 Å². The molecule has 1 aliphatic heterocycles. The summed E-state index contributed by atoms with van der Waals surface area (Å²) in [7, 11) is -1.22. The van der Waals surface area contributed by atoms with Crippen molar-refractivity contribution in [1.29, 1.82) is 0 Å². The number of benzene rings is 1. The molecule has 24 heavy (non-hydrogen) atoms. The molecule has 1 aromatic rings. The van der Waals surface area contributed by atoms with Gasteiger partial charge in [0, 0.05) is 0 Å². The Morgan fingerprint density at radius 2 is 2.04 bits per heavy atom. The van der Waals surface area contributed by atoms with Gasteiger partial charge in [-0.3, -0.25) is 0 Å². The smallest absolute Gasteiger partial charge is 1.00 e. The minimum atomic E-state index is -1.22. The molecule has 6 heteroatoms. The monoisotopic (exact) mass is 455 g/mol. The second-order valence-electron chi connectivity index (χ2n) is 6.64. The van der Waals surface area contributed by atoms with Crippen LogP contribution in [0.25, 0.3) is 10.8 Å². The fourth-order valence-electron chi connectivity index (χ4n) is 3.97. The third-order valence-electron chi connectivity index (χ3n) is 5.01. The molecule has 4 rings (SSSR count). The maximum atomic E-state index is 9.02. The van der Waals surface area contributed by atoms with E-state index in [1.54, 1.807) is 35.1 Å². The maximum Gasteiger partial charge on any atom is -1.00 e. The normalized spacial score (nSPS) is 22.0. The van der Waals surface area contributed by atoms with Crippen LogP contribution in [0.3, 0.4) is 0 Å².